The molecule has 0 bridgehead atoms. The molecule has 0 aliphatic heterocycles. The number of nitrogens with zero attached hydrogens (tertiary/aromatic N) is 2. The van der Waals surface area contributed by atoms with E-state index in [9.17, 15) is 0 Å². The highest BCUT2D eigenvalue weighted by Crippen LogP contribution is 2.24. The minimum atomic E-state index is 0.328. The smallest absolute Gasteiger partial charge is 0.135 e. The van der Waals surface area contributed by atoms with E-state index in [0.717, 1.165) is 41.1 Å². The van der Waals surface area contributed by atoms with Gasteiger partial charge in [0.1, 0.15) is 17.5 Å². The fourth-order valence-electron chi connectivity index (χ4n) is 1.84. The van der Waals surface area contributed by atoms with Crippen LogP contribution in [0.4, 0.5) is 11.6 Å². The zero-order valence-electron chi connectivity index (χ0n) is 13.6. The van der Waals surface area contributed by atoms with Crippen LogP contribution in [0, 0.1) is 6.92 Å². The van der Waals surface area contributed by atoms with Crippen molar-refractivity contribution < 1.29 is 0 Å². The fourth-order valence-corrected chi connectivity index (χ4v) is 2.51. The van der Waals surface area contributed by atoms with Gasteiger partial charge in [-0.25, -0.2) is 9.97 Å². The molecule has 0 radical (unpaired) electrons. The number of thioether (sulfide) groups is 1. The molecule has 0 aliphatic rings. The molecule has 4 nitrogen and oxygen atoms in total. The molecule has 0 amide bonds. The molecule has 1 heterocycles. The summed E-state index contributed by atoms with van der Waals surface area (Å²) in [5.41, 5.74) is 1.10. The second kappa shape index (κ2) is 8.35. The van der Waals surface area contributed by atoms with Crippen LogP contribution in [-0.2, 0) is 0 Å². The molecular formula is C15H28N4S. The molecule has 1 rings (SSSR count). The second-order valence-electron chi connectivity index (χ2n) is 5.29. The number of aromatic nitrogens is 2. The first kappa shape index (κ1) is 17.1. The van der Waals surface area contributed by atoms with E-state index < -0.39 is 0 Å². The van der Waals surface area contributed by atoms with Crippen molar-refractivity contribution >= 4 is 23.4 Å². The third kappa shape index (κ3) is 4.85. The molecule has 0 aliphatic carbocycles. The monoisotopic (exact) mass is 296 g/mol. The van der Waals surface area contributed by atoms with Crippen molar-refractivity contribution in [2.45, 2.75) is 53.5 Å². The summed E-state index contributed by atoms with van der Waals surface area (Å²) < 4.78 is 0. The van der Waals surface area contributed by atoms with E-state index in [-0.39, 0.29) is 0 Å². The Kier molecular flexibility index (Phi) is 7.13. The van der Waals surface area contributed by atoms with Gasteiger partial charge in [-0.3, -0.25) is 0 Å². The van der Waals surface area contributed by atoms with Gasteiger partial charge in [-0.1, -0.05) is 20.8 Å². The summed E-state index contributed by atoms with van der Waals surface area (Å²) in [5.74, 6) is 5.37. The zero-order chi connectivity index (χ0) is 15.1. The van der Waals surface area contributed by atoms with Crippen LogP contribution in [0.1, 0.15) is 51.9 Å². The molecular weight excluding hydrogens is 268 g/mol. The predicted octanol–water partition coefficient (Wildman–Crippen LogP) is 3.89. The van der Waals surface area contributed by atoms with Crippen LogP contribution in [0.5, 0.6) is 0 Å². The lowest BCUT2D eigenvalue weighted by Crippen LogP contribution is -2.21. The van der Waals surface area contributed by atoms with E-state index in [4.69, 9.17) is 4.98 Å². The highest BCUT2D eigenvalue weighted by Gasteiger charge is 2.14. The number of hydrogen-bond acceptors (Lipinski definition) is 5. The third-order valence-electron chi connectivity index (χ3n) is 2.98. The summed E-state index contributed by atoms with van der Waals surface area (Å²) in [6.07, 6.45) is 0. The quantitative estimate of drug-likeness (QED) is 0.762. The van der Waals surface area contributed by atoms with Gasteiger partial charge >= 0.3 is 0 Å². The van der Waals surface area contributed by atoms with Crippen molar-refractivity contribution in [1.82, 2.24) is 9.97 Å². The number of anilines is 2. The molecule has 0 saturated heterocycles. The van der Waals surface area contributed by atoms with Gasteiger partial charge in [-0.15, -0.1) is 0 Å². The van der Waals surface area contributed by atoms with Crippen LogP contribution in [0.15, 0.2) is 0 Å². The highest BCUT2D eigenvalue weighted by molar-refractivity contribution is 7.99. The molecule has 1 aromatic heterocycles. The SMILES string of the molecule is CCNc1nc(C(C)C)nc(NC(C)CSCC)c1C. The summed E-state index contributed by atoms with van der Waals surface area (Å²) in [7, 11) is 0. The molecule has 0 spiro atoms. The summed E-state index contributed by atoms with van der Waals surface area (Å²) in [4.78, 5) is 9.32. The Balaban J connectivity index is 2.97. The van der Waals surface area contributed by atoms with Crippen LogP contribution in [-0.4, -0.2) is 34.1 Å². The van der Waals surface area contributed by atoms with E-state index in [1.54, 1.807) is 0 Å². The Morgan fingerprint density at radius 1 is 1.10 bits per heavy atom. The van der Waals surface area contributed by atoms with Gasteiger partial charge in [-0.2, -0.15) is 11.8 Å². The van der Waals surface area contributed by atoms with Crippen LogP contribution < -0.4 is 10.6 Å². The minimum absolute atomic E-state index is 0.328. The molecule has 1 unspecified atom stereocenters. The lowest BCUT2D eigenvalue weighted by atomic mass is 10.2. The maximum Gasteiger partial charge on any atom is 0.135 e. The molecule has 5 heteroatoms. The Hall–Kier alpha value is -0.970. The van der Waals surface area contributed by atoms with Crippen molar-refractivity contribution in [2.75, 3.05) is 28.7 Å². The molecule has 114 valence electrons. The number of hydrogen-bond donors (Lipinski definition) is 2. The van der Waals surface area contributed by atoms with Gasteiger partial charge in [-0.05, 0) is 26.5 Å². The van der Waals surface area contributed by atoms with E-state index in [2.05, 4.69) is 57.2 Å². The van der Waals surface area contributed by atoms with Crippen molar-refractivity contribution in [3.8, 4) is 0 Å². The van der Waals surface area contributed by atoms with Crippen molar-refractivity contribution in [1.29, 1.82) is 0 Å². The van der Waals surface area contributed by atoms with Gasteiger partial charge in [0.2, 0.25) is 0 Å². The predicted molar refractivity (Wildman–Crippen MR) is 91.1 cm³/mol. The molecule has 0 aromatic carbocycles. The first-order valence-electron chi connectivity index (χ1n) is 7.46. The Morgan fingerprint density at radius 2 is 1.75 bits per heavy atom. The van der Waals surface area contributed by atoms with Crippen molar-refractivity contribution in [3.63, 3.8) is 0 Å². The molecule has 20 heavy (non-hydrogen) atoms. The van der Waals surface area contributed by atoms with Gasteiger partial charge in [0.05, 0.1) is 0 Å². The standard InChI is InChI=1S/C15H28N4S/c1-7-16-14-12(6)15(17-11(5)9-20-8-2)19-13(18-14)10(3)4/h10-11H,7-9H2,1-6H3,(H2,16,17,18,19). The van der Waals surface area contributed by atoms with E-state index in [1.807, 2.05) is 11.8 Å². The average Bonchev–Trinajstić information content (AvgIpc) is 2.40. The number of rotatable bonds is 8. The summed E-state index contributed by atoms with van der Waals surface area (Å²) >= 11 is 1.94. The van der Waals surface area contributed by atoms with E-state index >= 15 is 0 Å². The van der Waals surface area contributed by atoms with Gasteiger partial charge in [0.25, 0.3) is 0 Å². The normalized spacial score (nSPS) is 12.6. The second-order valence-corrected chi connectivity index (χ2v) is 6.61. The first-order valence-corrected chi connectivity index (χ1v) is 8.61. The maximum absolute atomic E-state index is 4.69. The molecule has 1 atom stereocenters. The summed E-state index contributed by atoms with van der Waals surface area (Å²) in [5, 5.41) is 6.86. The lowest BCUT2D eigenvalue weighted by Gasteiger charge is -2.19. The summed E-state index contributed by atoms with van der Waals surface area (Å²) in [6, 6.07) is 0.406. The molecule has 2 N–H and O–H groups in total. The van der Waals surface area contributed by atoms with Gasteiger partial charge in [0.15, 0.2) is 0 Å². The Labute approximate surface area is 127 Å². The van der Waals surface area contributed by atoms with Crippen LogP contribution in [0.2, 0.25) is 0 Å². The molecule has 0 saturated carbocycles. The molecule has 0 fully saturated rings. The third-order valence-corrected chi connectivity index (χ3v) is 4.12. The van der Waals surface area contributed by atoms with Crippen LogP contribution in [0.25, 0.3) is 0 Å². The Morgan fingerprint density at radius 3 is 2.30 bits per heavy atom. The van der Waals surface area contributed by atoms with Crippen molar-refractivity contribution in [2.24, 2.45) is 0 Å². The largest absolute Gasteiger partial charge is 0.370 e. The molecule has 1 aromatic rings. The number of nitrogens with one attached hydrogen (secondary N) is 2. The van der Waals surface area contributed by atoms with Crippen LogP contribution in [0.3, 0.4) is 0 Å². The average molecular weight is 296 g/mol. The zero-order valence-corrected chi connectivity index (χ0v) is 14.4. The first-order chi connectivity index (χ1) is 9.49. The van der Waals surface area contributed by atoms with Gasteiger partial charge < -0.3 is 10.6 Å². The van der Waals surface area contributed by atoms with E-state index in [1.165, 1.54) is 0 Å². The van der Waals surface area contributed by atoms with Gasteiger partial charge in [0, 0.05) is 29.8 Å². The Bertz CT molecular complexity index is 421. The van der Waals surface area contributed by atoms with Crippen LogP contribution >= 0.6 is 11.8 Å². The minimum Gasteiger partial charge on any atom is -0.370 e. The summed E-state index contributed by atoms with van der Waals surface area (Å²) in [6.45, 7) is 13.7. The lowest BCUT2D eigenvalue weighted by molar-refractivity contribution is 0.767. The van der Waals surface area contributed by atoms with E-state index in [0.29, 0.717) is 12.0 Å². The maximum atomic E-state index is 4.69. The topological polar surface area (TPSA) is 49.8 Å². The fraction of sp³-hybridized carbons (Fsp3) is 0.733. The highest BCUT2D eigenvalue weighted by atomic mass is 32.2. The van der Waals surface area contributed by atoms with Crippen molar-refractivity contribution in [3.05, 3.63) is 11.4 Å².